The van der Waals surface area contributed by atoms with Crippen molar-refractivity contribution in [2.24, 2.45) is 0 Å². The minimum Gasteiger partial charge on any atom is -0.309 e. The van der Waals surface area contributed by atoms with Gasteiger partial charge in [-0.15, -0.1) is 11.3 Å². The lowest BCUT2D eigenvalue weighted by Crippen LogP contribution is -1.95. The predicted octanol–water partition coefficient (Wildman–Crippen LogP) is 15.2. The van der Waals surface area contributed by atoms with Crippen LogP contribution in [0.25, 0.3) is 109 Å². The van der Waals surface area contributed by atoms with Gasteiger partial charge >= 0.3 is 0 Å². The van der Waals surface area contributed by atoms with Gasteiger partial charge in [0.05, 0.1) is 37.3 Å². The summed E-state index contributed by atoms with van der Waals surface area (Å²) in [5.74, 6) is 0. The fraction of sp³-hybridized carbons (Fsp3) is 0. The normalized spacial score (nSPS) is 13.6. The van der Waals surface area contributed by atoms with Gasteiger partial charge in [-0.25, -0.2) is 0 Å². The molecule has 0 unspecified atom stereocenters. The van der Waals surface area contributed by atoms with E-state index < -0.39 is 12.1 Å². The van der Waals surface area contributed by atoms with E-state index in [-0.39, 0.29) is 57.6 Å². The Bertz CT molecular complexity index is 3930. The predicted molar refractivity (Wildman–Crippen MR) is 244 cm³/mol. The second kappa shape index (κ2) is 12.7. The third kappa shape index (κ3) is 4.96. The number of para-hydroxylation sites is 1. The highest BCUT2D eigenvalue weighted by molar-refractivity contribution is 7.25. The summed E-state index contributed by atoms with van der Waals surface area (Å²) in [6.07, 6.45) is 0. The number of nitrogens with zero attached hydrogens (tertiary/aromatic N) is 2. The molecule has 12 aromatic rings. The summed E-state index contributed by atoms with van der Waals surface area (Å²) in [4.78, 5) is 0. The molecule has 0 aliphatic heterocycles. The molecule has 0 bridgehead atoms. The van der Waals surface area contributed by atoms with Crippen molar-refractivity contribution in [1.29, 1.82) is 0 Å². The van der Waals surface area contributed by atoms with Gasteiger partial charge in [-0.2, -0.15) is 0 Å². The molecular weight excluding hydrogens is 709 g/mol. The molecule has 3 heterocycles. The number of hydrogen-bond donors (Lipinski definition) is 0. The maximum Gasteiger partial charge on any atom is 0.0645 e. The molecule has 0 amide bonds. The zero-order valence-corrected chi connectivity index (χ0v) is 31.2. The molecule has 0 atom stereocenters. The Morgan fingerprint density at radius 3 is 2.00 bits per heavy atom. The van der Waals surface area contributed by atoms with Crippen molar-refractivity contribution in [3.05, 3.63) is 206 Å². The highest BCUT2D eigenvalue weighted by Gasteiger charge is 2.20. The van der Waals surface area contributed by atoms with E-state index >= 15 is 0 Å². The van der Waals surface area contributed by atoms with Gasteiger partial charge in [0, 0.05) is 47.4 Å². The summed E-state index contributed by atoms with van der Waals surface area (Å²) in [5, 5.41) is 4.12. The van der Waals surface area contributed by atoms with Gasteiger partial charge in [0.15, 0.2) is 0 Å². The minimum absolute atomic E-state index is 0.0749. The average molecular weight is 750 g/mol. The lowest BCUT2D eigenvalue weighted by Gasteiger charge is -2.11. The van der Waals surface area contributed by atoms with Crippen LogP contribution in [0.5, 0.6) is 0 Å². The van der Waals surface area contributed by atoms with Gasteiger partial charge in [0.25, 0.3) is 0 Å². The quantitative estimate of drug-likeness (QED) is 0.166. The van der Waals surface area contributed by atoms with Crippen LogP contribution in [0.15, 0.2) is 206 Å². The van der Waals surface area contributed by atoms with E-state index in [1.54, 1.807) is 15.9 Å². The van der Waals surface area contributed by atoms with Gasteiger partial charge in [0.1, 0.15) is 0 Å². The third-order valence-corrected chi connectivity index (χ3v) is 12.3. The van der Waals surface area contributed by atoms with Crippen molar-refractivity contribution in [1.82, 2.24) is 9.13 Å². The summed E-state index contributed by atoms with van der Waals surface area (Å²) >= 11 is 1.62. The van der Waals surface area contributed by atoms with Crippen LogP contribution < -0.4 is 0 Å². The molecule has 266 valence electrons. The molecule has 0 radical (unpaired) electrons. The molecule has 0 saturated heterocycles. The number of hydrogen-bond acceptors (Lipinski definition) is 1. The minimum atomic E-state index is -0.419. The smallest absolute Gasteiger partial charge is 0.0645 e. The number of benzene rings is 9. The Kier molecular flexibility index (Phi) is 5.74. The monoisotopic (exact) mass is 749 g/mol. The van der Waals surface area contributed by atoms with Crippen molar-refractivity contribution in [3.8, 4) is 44.8 Å². The van der Waals surface area contributed by atoms with E-state index in [4.69, 9.17) is 2.74 Å². The molecule has 0 aliphatic rings. The average Bonchev–Trinajstić information content (AvgIpc) is 4.01. The Balaban J connectivity index is 1.18. The van der Waals surface area contributed by atoms with E-state index in [0.717, 1.165) is 69.9 Å². The molecule has 12 rings (SSSR count). The number of aromatic nitrogens is 2. The van der Waals surface area contributed by atoms with Crippen LogP contribution in [0.2, 0.25) is 0 Å². The molecule has 0 spiro atoms. The largest absolute Gasteiger partial charge is 0.309 e. The first-order valence-corrected chi connectivity index (χ1v) is 19.8. The van der Waals surface area contributed by atoms with Gasteiger partial charge in [-0.3, -0.25) is 0 Å². The second-order valence-corrected chi connectivity index (χ2v) is 15.4. The van der Waals surface area contributed by atoms with Crippen molar-refractivity contribution in [2.75, 3.05) is 0 Å². The van der Waals surface area contributed by atoms with Crippen LogP contribution in [-0.2, 0) is 0 Å². The molecule has 3 aromatic heterocycles. The van der Waals surface area contributed by atoms with Gasteiger partial charge in [-0.1, -0.05) is 139 Å². The lowest BCUT2D eigenvalue weighted by molar-refractivity contribution is 1.18. The van der Waals surface area contributed by atoms with Crippen LogP contribution in [-0.4, -0.2) is 9.13 Å². The second-order valence-electron chi connectivity index (χ2n) is 14.3. The first-order chi connectivity index (χ1) is 31.2. The molecule has 2 nitrogen and oxygen atoms in total. The van der Waals surface area contributed by atoms with E-state index in [9.17, 15) is 6.85 Å². The standard InChI is InChI=1S/C54H34N2S/c1-3-14-35(15-4-1)37-18-11-19-40(32-37)55-48-31-29-39(34-45(48)53-41(22-12-24-49(53)55)36-16-5-2-6-17-36)38-28-30-47-44(33-38)42-20-7-9-23-46(42)56(47)50-25-13-27-52-54(50)43-21-8-10-26-51(43)57-52/h1-34H/i7D,9D,20D,23D,28D,30D,33D. The highest BCUT2D eigenvalue weighted by Crippen LogP contribution is 2.44. The topological polar surface area (TPSA) is 9.86 Å². The third-order valence-electron chi connectivity index (χ3n) is 11.2. The van der Waals surface area contributed by atoms with Gasteiger partial charge < -0.3 is 9.13 Å². The first kappa shape index (κ1) is 25.8. The van der Waals surface area contributed by atoms with Crippen LogP contribution in [0.1, 0.15) is 9.60 Å². The number of thiophene rings is 1. The molecular formula is C54H34N2S. The lowest BCUT2D eigenvalue weighted by atomic mass is 9.97. The molecule has 0 fully saturated rings. The Morgan fingerprint density at radius 2 is 1.11 bits per heavy atom. The Hall–Kier alpha value is -7.20. The molecule has 9 aromatic carbocycles. The number of fused-ring (bicyclic) bond motifs is 9. The van der Waals surface area contributed by atoms with Crippen LogP contribution >= 0.6 is 11.3 Å². The fourth-order valence-electron chi connectivity index (χ4n) is 8.66. The molecule has 0 aliphatic carbocycles. The maximum absolute atomic E-state index is 10.0. The van der Waals surface area contributed by atoms with Gasteiger partial charge in [0.2, 0.25) is 0 Å². The van der Waals surface area contributed by atoms with Crippen molar-refractivity contribution in [2.45, 2.75) is 0 Å². The van der Waals surface area contributed by atoms with E-state index in [1.807, 2.05) is 97.1 Å². The van der Waals surface area contributed by atoms with Gasteiger partial charge in [-0.05, 0) is 100 Å². The van der Waals surface area contributed by atoms with Crippen molar-refractivity contribution < 1.29 is 9.60 Å². The number of rotatable bonds is 5. The Labute approximate surface area is 343 Å². The summed E-state index contributed by atoms with van der Waals surface area (Å²) < 4.78 is 71.8. The van der Waals surface area contributed by atoms with Crippen LogP contribution in [0.4, 0.5) is 0 Å². The van der Waals surface area contributed by atoms with Crippen LogP contribution in [0, 0.1) is 0 Å². The zero-order valence-electron chi connectivity index (χ0n) is 37.4. The van der Waals surface area contributed by atoms with E-state index in [1.165, 1.54) is 0 Å². The summed E-state index contributed by atoms with van der Waals surface area (Å²) in [6, 6.07) is 53.3. The zero-order chi connectivity index (χ0) is 43.5. The fourth-order valence-corrected chi connectivity index (χ4v) is 9.79. The summed E-state index contributed by atoms with van der Waals surface area (Å²) in [5.41, 5.74) is 8.93. The SMILES string of the molecule is [2H]c1c([2H])c([2H])c2c(c1[2H])c1c([2H])c(-c3ccc4c(c3)c3c(-c5ccccc5)cccc3n4-c3cccc(-c4ccccc4)c3)c([2H])c([2H])c1n2-c1cccc2sc3ccccc3c12. The highest BCUT2D eigenvalue weighted by atomic mass is 32.1. The van der Waals surface area contributed by atoms with Crippen LogP contribution in [0.3, 0.4) is 0 Å². The summed E-state index contributed by atoms with van der Waals surface area (Å²) in [6.45, 7) is 0. The summed E-state index contributed by atoms with van der Waals surface area (Å²) in [7, 11) is 0. The van der Waals surface area contributed by atoms with Crippen molar-refractivity contribution >= 4 is 75.1 Å². The van der Waals surface area contributed by atoms with Crippen molar-refractivity contribution in [3.63, 3.8) is 0 Å². The molecule has 3 heteroatoms. The van der Waals surface area contributed by atoms with E-state index in [2.05, 4.69) is 71.3 Å². The first-order valence-electron chi connectivity index (χ1n) is 22.4. The maximum atomic E-state index is 10.0. The van der Waals surface area contributed by atoms with E-state index in [0.29, 0.717) is 11.3 Å². The Morgan fingerprint density at radius 1 is 0.386 bits per heavy atom. The molecule has 0 N–H and O–H groups in total. The molecule has 57 heavy (non-hydrogen) atoms. The molecule has 0 saturated carbocycles.